The lowest BCUT2D eigenvalue weighted by molar-refractivity contribution is 0.0431. The molecule has 0 aromatic heterocycles. The Morgan fingerprint density at radius 2 is 1.82 bits per heavy atom. The van der Waals surface area contributed by atoms with Gasteiger partial charge in [0.05, 0.1) is 0 Å². The standard InChI is InChI=1S/C15H28N2/c16-10-9-15(7-8-15)12-17-11-3-5-13-4-1-2-6-14(13)17/h13-14H,1-12,16H2. The summed E-state index contributed by atoms with van der Waals surface area (Å²) in [6.07, 6.45) is 13.0. The number of fused-ring (bicyclic) bond motifs is 1. The van der Waals surface area contributed by atoms with E-state index in [1.54, 1.807) is 0 Å². The summed E-state index contributed by atoms with van der Waals surface area (Å²) in [6.45, 7) is 3.63. The topological polar surface area (TPSA) is 29.3 Å². The van der Waals surface area contributed by atoms with Gasteiger partial charge in [0.1, 0.15) is 0 Å². The summed E-state index contributed by atoms with van der Waals surface area (Å²) in [5.74, 6) is 1.03. The van der Waals surface area contributed by atoms with Gasteiger partial charge in [-0.05, 0) is 69.4 Å². The summed E-state index contributed by atoms with van der Waals surface area (Å²) in [6, 6.07) is 0.938. The van der Waals surface area contributed by atoms with Gasteiger partial charge in [-0.1, -0.05) is 12.8 Å². The average molecular weight is 236 g/mol. The zero-order valence-corrected chi connectivity index (χ0v) is 11.2. The molecule has 0 radical (unpaired) electrons. The number of likely N-dealkylation sites (tertiary alicyclic amines) is 1. The first-order chi connectivity index (χ1) is 8.33. The van der Waals surface area contributed by atoms with Crippen molar-refractivity contribution in [2.24, 2.45) is 17.1 Å². The highest BCUT2D eigenvalue weighted by Crippen LogP contribution is 2.50. The normalized spacial score (nSPS) is 36.5. The molecule has 3 aliphatic rings. The highest BCUT2D eigenvalue weighted by atomic mass is 15.2. The fraction of sp³-hybridized carbons (Fsp3) is 1.00. The summed E-state index contributed by atoms with van der Waals surface area (Å²) >= 11 is 0. The molecule has 98 valence electrons. The maximum absolute atomic E-state index is 5.77. The van der Waals surface area contributed by atoms with Gasteiger partial charge < -0.3 is 5.73 Å². The van der Waals surface area contributed by atoms with Crippen LogP contribution in [0.4, 0.5) is 0 Å². The summed E-state index contributed by atoms with van der Waals surface area (Å²) in [4.78, 5) is 2.86. The Hall–Kier alpha value is -0.0800. The van der Waals surface area contributed by atoms with Crippen molar-refractivity contribution in [3.05, 3.63) is 0 Å². The largest absolute Gasteiger partial charge is 0.330 e. The molecular weight excluding hydrogens is 208 g/mol. The second kappa shape index (κ2) is 4.89. The van der Waals surface area contributed by atoms with Gasteiger partial charge in [-0.25, -0.2) is 0 Å². The minimum atomic E-state index is 0.647. The Morgan fingerprint density at radius 3 is 2.59 bits per heavy atom. The van der Waals surface area contributed by atoms with E-state index >= 15 is 0 Å². The number of hydrogen-bond donors (Lipinski definition) is 1. The Labute approximate surface area is 106 Å². The van der Waals surface area contributed by atoms with Gasteiger partial charge in [0.2, 0.25) is 0 Å². The molecule has 2 atom stereocenters. The van der Waals surface area contributed by atoms with E-state index < -0.39 is 0 Å². The van der Waals surface area contributed by atoms with Gasteiger partial charge in [0.25, 0.3) is 0 Å². The smallest absolute Gasteiger partial charge is 0.0124 e. The summed E-state index contributed by atoms with van der Waals surface area (Å²) in [5, 5.41) is 0. The molecule has 2 unspecified atom stereocenters. The van der Waals surface area contributed by atoms with Crippen molar-refractivity contribution in [3.63, 3.8) is 0 Å². The Morgan fingerprint density at radius 1 is 1.06 bits per heavy atom. The highest BCUT2D eigenvalue weighted by Gasteiger charge is 2.45. The lowest BCUT2D eigenvalue weighted by atomic mass is 9.78. The van der Waals surface area contributed by atoms with E-state index in [9.17, 15) is 0 Å². The summed E-state index contributed by atoms with van der Waals surface area (Å²) in [5.41, 5.74) is 6.42. The molecule has 0 spiro atoms. The number of nitrogens with zero attached hydrogens (tertiary/aromatic N) is 1. The Bertz CT molecular complexity index is 258. The van der Waals surface area contributed by atoms with Crippen LogP contribution in [-0.4, -0.2) is 30.6 Å². The van der Waals surface area contributed by atoms with E-state index in [2.05, 4.69) is 4.90 Å². The van der Waals surface area contributed by atoms with Gasteiger partial charge in [0.15, 0.2) is 0 Å². The van der Waals surface area contributed by atoms with Crippen LogP contribution < -0.4 is 5.73 Å². The second-order valence-electron chi connectivity index (χ2n) is 6.76. The molecule has 0 amide bonds. The van der Waals surface area contributed by atoms with Crippen LogP contribution in [0.25, 0.3) is 0 Å². The molecule has 1 saturated heterocycles. The zero-order chi connectivity index (χ0) is 11.7. The monoisotopic (exact) mass is 236 g/mol. The maximum atomic E-state index is 5.77. The number of hydrogen-bond acceptors (Lipinski definition) is 2. The maximum Gasteiger partial charge on any atom is 0.0124 e. The zero-order valence-electron chi connectivity index (χ0n) is 11.2. The van der Waals surface area contributed by atoms with Gasteiger partial charge in [-0.3, -0.25) is 4.90 Å². The molecule has 2 nitrogen and oxygen atoms in total. The first kappa shape index (κ1) is 12.0. The quantitative estimate of drug-likeness (QED) is 0.813. The van der Waals surface area contributed by atoms with Crippen LogP contribution >= 0.6 is 0 Å². The fourth-order valence-electron chi connectivity index (χ4n) is 4.33. The predicted octanol–water partition coefficient (Wildman–Crippen LogP) is 2.77. The third-order valence-corrected chi connectivity index (χ3v) is 5.53. The van der Waals surface area contributed by atoms with Crippen molar-refractivity contribution in [1.29, 1.82) is 0 Å². The van der Waals surface area contributed by atoms with Crippen molar-refractivity contribution < 1.29 is 0 Å². The van der Waals surface area contributed by atoms with Gasteiger partial charge in [0, 0.05) is 12.6 Å². The SMILES string of the molecule is NCCC1(CN2CCCC3CCCCC32)CC1. The molecule has 2 heteroatoms. The van der Waals surface area contributed by atoms with Crippen LogP contribution in [0.2, 0.25) is 0 Å². The van der Waals surface area contributed by atoms with Crippen LogP contribution in [-0.2, 0) is 0 Å². The third kappa shape index (κ3) is 2.53. The molecule has 2 saturated carbocycles. The van der Waals surface area contributed by atoms with Crippen molar-refractivity contribution in [3.8, 4) is 0 Å². The Kier molecular flexibility index (Phi) is 3.45. The summed E-state index contributed by atoms with van der Waals surface area (Å²) < 4.78 is 0. The van der Waals surface area contributed by atoms with Crippen LogP contribution in [0, 0.1) is 11.3 Å². The Balaban J connectivity index is 1.61. The van der Waals surface area contributed by atoms with Crippen molar-refractivity contribution in [1.82, 2.24) is 4.90 Å². The number of rotatable bonds is 4. The fourth-order valence-corrected chi connectivity index (χ4v) is 4.33. The molecule has 3 fully saturated rings. The van der Waals surface area contributed by atoms with Crippen molar-refractivity contribution >= 4 is 0 Å². The lowest BCUT2D eigenvalue weighted by Crippen LogP contribution is -2.49. The molecule has 0 aromatic rings. The van der Waals surface area contributed by atoms with E-state index in [-0.39, 0.29) is 0 Å². The van der Waals surface area contributed by atoms with Crippen molar-refractivity contribution in [2.45, 2.75) is 63.8 Å². The molecular formula is C15H28N2. The number of piperidine rings is 1. The van der Waals surface area contributed by atoms with Crippen LogP contribution in [0.5, 0.6) is 0 Å². The first-order valence-electron chi connectivity index (χ1n) is 7.77. The molecule has 3 rings (SSSR count). The lowest BCUT2D eigenvalue weighted by Gasteiger charge is -2.45. The number of nitrogens with two attached hydrogens (primary N) is 1. The van der Waals surface area contributed by atoms with E-state index in [1.807, 2.05) is 0 Å². The molecule has 0 bridgehead atoms. The van der Waals surface area contributed by atoms with Gasteiger partial charge in [-0.2, -0.15) is 0 Å². The predicted molar refractivity (Wildman–Crippen MR) is 71.9 cm³/mol. The van der Waals surface area contributed by atoms with E-state index in [0.717, 1.165) is 18.5 Å². The average Bonchev–Trinajstić information content (AvgIpc) is 3.10. The third-order valence-electron chi connectivity index (χ3n) is 5.53. The van der Waals surface area contributed by atoms with Crippen LogP contribution in [0.1, 0.15) is 57.8 Å². The van der Waals surface area contributed by atoms with E-state index in [4.69, 9.17) is 5.73 Å². The molecule has 1 heterocycles. The summed E-state index contributed by atoms with van der Waals surface area (Å²) in [7, 11) is 0. The van der Waals surface area contributed by atoms with E-state index in [1.165, 1.54) is 70.9 Å². The minimum Gasteiger partial charge on any atom is -0.330 e. The minimum absolute atomic E-state index is 0.647. The van der Waals surface area contributed by atoms with Crippen LogP contribution in [0.15, 0.2) is 0 Å². The first-order valence-corrected chi connectivity index (χ1v) is 7.77. The van der Waals surface area contributed by atoms with Gasteiger partial charge in [-0.15, -0.1) is 0 Å². The molecule has 2 N–H and O–H groups in total. The van der Waals surface area contributed by atoms with Gasteiger partial charge >= 0.3 is 0 Å². The highest BCUT2D eigenvalue weighted by molar-refractivity contribution is 4.98. The van der Waals surface area contributed by atoms with Crippen molar-refractivity contribution in [2.75, 3.05) is 19.6 Å². The van der Waals surface area contributed by atoms with E-state index in [0.29, 0.717) is 5.41 Å². The molecule has 17 heavy (non-hydrogen) atoms. The van der Waals surface area contributed by atoms with Crippen LogP contribution in [0.3, 0.4) is 0 Å². The molecule has 2 aliphatic carbocycles. The molecule has 1 aliphatic heterocycles. The second-order valence-corrected chi connectivity index (χ2v) is 6.76. The molecule has 0 aromatic carbocycles.